The molecule has 0 spiro atoms. The molecule has 0 aromatic carbocycles. The summed E-state index contributed by atoms with van der Waals surface area (Å²) < 4.78 is 26.0. The maximum atomic E-state index is 11.4. The lowest BCUT2D eigenvalue weighted by Gasteiger charge is -2.28. The molecule has 15 heavy (non-hydrogen) atoms. The third kappa shape index (κ3) is 4.15. The van der Waals surface area contributed by atoms with Gasteiger partial charge >= 0.3 is 5.97 Å². The lowest BCUT2D eigenvalue weighted by Crippen LogP contribution is -2.52. The van der Waals surface area contributed by atoms with E-state index in [4.69, 9.17) is 5.11 Å². The van der Waals surface area contributed by atoms with Crippen LogP contribution in [-0.2, 0) is 15.0 Å². The van der Waals surface area contributed by atoms with E-state index in [9.17, 15) is 13.2 Å². The Bertz CT molecular complexity index is 329. The summed E-state index contributed by atoms with van der Waals surface area (Å²) in [6.45, 7) is 4.97. The van der Waals surface area contributed by atoms with Crippen molar-refractivity contribution in [1.29, 1.82) is 0 Å². The van der Waals surface area contributed by atoms with Crippen molar-refractivity contribution in [2.45, 2.75) is 26.8 Å². The van der Waals surface area contributed by atoms with Gasteiger partial charge in [-0.3, -0.25) is 4.79 Å². The van der Waals surface area contributed by atoms with Crippen LogP contribution in [-0.4, -0.2) is 43.9 Å². The number of nitrogens with one attached hydrogen (secondary N) is 1. The van der Waals surface area contributed by atoms with Gasteiger partial charge in [0.15, 0.2) is 0 Å². The number of carboxylic acids is 1. The van der Waals surface area contributed by atoms with E-state index in [2.05, 4.69) is 4.72 Å². The Balaban J connectivity index is 4.97. The molecule has 0 radical (unpaired) electrons. The number of nitrogens with zero attached hydrogens (tertiary/aromatic N) is 1. The molecular formula is C8H18N2O4S. The Morgan fingerprint density at radius 1 is 1.33 bits per heavy atom. The van der Waals surface area contributed by atoms with Crippen molar-refractivity contribution in [3.63, 3.8) is 0 Å². The first-order valence-electron chi connectivity index (χ1n) is 4.41. The van der Waals surface area contributed by atoms with E-state index in [1.54, 1.807) is 20.8 Å². The highest BCUT2D eigenvalue weighted by molar-refractivity contribution is 7.87. The van der Waals surface area contributed by atoms with Crippen LogP contribution < -0.4 is 4.72 Å². The van der Waals surface area contributed by atoms with E-state index in [1.807, 2.05) is 0 Å². The fourth-order valence-electron chi connectivity index (χ4n) is 0.852. The van der Waals surface area contributed by atoms with E-state index in [-0.39, 0.29) is 0 Å². The van der Waals surface area contributed by atoms with Crippen molar-refractivity contribution in [2.24, 2.45) is 5.41 Å². The lowest BCUT2D eigenvalue weighted by atomic mass is 9.88. The maximum Gasteiger partial charge on any atom is 0.322 e. The topological polar surface area (TPSA) is 86.7 Å². The van der Waals surface area contributed by atoms with Gasteiger partial charge in [0.25, 0.3) is 10.2 Å². The van der Waals surface area contributed by atoms with Gasteiger partial charge in [0.2, 0.25) is 0 Å². The highest BCUT2D eigenvalue weighted by Gasteiger charge is 2.35. The van der Waals surface area contributed by atoms with Gasteiger partial charge in [0.1, 0.15) is 6.04 Å². The summed E-state index contributed by atoms with van der Waals surface area (Å²) in [6, 6.07) is -1.15. The molecule has 0 fully saturated rings. The van der Waals surface area contributed by atoms with Crippen LogP contribution in [0.3, 0.4) is 0 Å². The summed E-state index contributed by atoms with van der Waals surface area (Å²) >= 11 is 0. The quantitative estimate of drug-likeness (QED) is 0.715. The minimum absolute atomic E-state index is 0.686. The predicted octanol–water partition coefficient (Wildman–Crippen LogP) is -0.118. The number of carbonyl (C=O) groups is 1. The molecule has 0 aromatic heterocycles. The van der Waals surface area contributed by atoms with E-state index < -0.39 is 27.6 Å². The molecular weight excluding hydrogens is 220 g/mol. The van der Waals surface area contributed by atoms with E-state index in [1.165, 1.54) is 14.1 Å². The molecule has 0 aliphatic carbocycles. The monoisotopic (exact) mass is 238 g/mol. The molecule has 0 heterocycles. The van der Waals surface area contributed by atoms with Crippen molar-refractivity contribution < 1.29 is 18.3 Å². The fourth-order valence-corrected chi connectivity index (χ4v) is 1.81. The molecule has 2 N–H and O–H groups in total. The van der Waals surface area contributed by atoms with Crippen LogP contribution in [0, 0.1) is 5.41 Å². The Hall–Kier alpha value is -0.660. The van der Waals surface area contributed by atoms with Crippen LogP contribution in [0.4, 0.5) is 0 Å². The summed E-state index contributed by atoms with van der Waals surface area (Å²) in [7, 11) is -1.05. The SMILES string of the molecule is CN(C)S(=O)(=O)NC(C(=O)O)C(C)(C)C. The normalized spacial score (nSPS) is 15.3. The maximum absolute atomic E-state index is 11.4. The molecule has 0 aliphatic rings. The summed E-state index contributed by atoms with van der Waals surface area (Å²) in [5.74, 6) is -1.19. The first-order valence-corrected chi connectivity index (χ1v) is 5.85. The zero-order valence-electron chi connectivity index (χ0n) is 9.60. The third-order valence-corrected chi connectivity index (χ3v) is 3.36. The summed E-state index contributed by atoms with van der Waals surface area (Å²) in [4.78, 5) is 10.9. The number of carboxylic acid groups (broad SMARTS) is 1. The van der Waals surface area contributed by atoms with E-state index in [0.29, 0.717) is 0 Å². The van der Waals surface area contributed by atoms with Crippen LogP contribution >= 0.6 is 0 Å². The molecule has 1 atom stereocenters. The molecule has 0 amide bonds. The Morgan fingerprint density at radius 2 is 1.73 bits per heavy atom. The Labute approximate surface area is 90.5 Å². The average Bonchev–Trinajstić information content (AvgIpc) is 1.97. The second kappa shape index (κ2) is 4.46. The molecule has 0 saturated carbocycles. The molecule has 0 aromatic rings. The van der Waals surface area contributed by atoms with Crippen LogP contribution in [0.2, 0.25) is 0 Å². The van der Waals surface area contributed by atoms with E-state index >= 15 is 0 Å². The minimum atomic E-state index is -3.72. The van der Waals surface area contributed by atoms with Crippen molar-refractivity contribution in [3.8, 4) is 0 Å². The first-order chi connectivity index (χ1) is 6.48. The molecule has 7 heteroatoms. The first kappa shape index (κ1) is 14.3. The lowest BCUT2D eigenvalue weighted by molar-refractivity contribution is -0.141. The van der Waals surface area contributed by atoms with Crippen molar-refractivity contribution in [1.82, 2.24) is 9.03 Å². The second-order valence-electron chi connectivity index (χ2n) is 4.54. The van der Waals surface area contributed by atoms with Crippen LogP contribution in [0.25, 0.3) is 0 Å². The predicted molar refractivity (Wildman–Crippen MR) is 56.6 cm³/mol. The van der Waals surface area contributed by atoms with Crippen molar-refractivity contribution in [3.05, 3.63) is 0 Å². The zero-order chi connectivity index (χ0) is 12.4. The Morgan fingerprint density at radius 3 is 1.93 bits per heavy atom. The van der Waals surface area contributed by atoms with E-state index in [0.717, 1.165) is 4.31 Å². The van der Waals surface area contributed by atoms with Gasteiger partial charge in [0, 0.05) is 14.1 Å². The van der Waals surface area contributed by atoms with Crippen LogP contribution in [0.15, 0.2) is 0 Å². The molecule has 1 unspecified atom stereocenters. The van der Waals surface area contributed by atoms with Gasteiger partial charge in [-0.05, 0) is 5.41 Å². The summed E-state index contributed by atoms with van der Waals surface area (Å²) in [5.41, 5.74) is -0.686. The second-order valence-corrected chi connectivity index (χ2v) is 6.46. The molecule has 90 valence electrons. The van der Waals surface area contributed by atoms with Gasteiger partial charge < -0.3 is 5.11 Å². The number of hydrogen-bond donors (Lipinski definition) is 2. The zero-order valence-corrected chi connectivity index (χ0v) is 10.4. The number of hydrogen-bond acceptors (Lipinski definition) is 3. The number of aliphatic carboxylic acids is 1. The molecule has 0 bridgehead atoms. The highest BCUT2D eigenvalue weighted by Crippen LogP contribution is 2.20. The van der Waals surface area contributed by atoms with Gasteiger partial charge in [-0.25, -0.2) is 0 Å². The Kier molecular flexibility index (Phi) is 4.26. The van der Waals surface area contributed by atoms with Gasteiger partial charge in [0.05, 0.1) is 0 Å². The van der Waals surface area contributed by atoms with Crippen LogP contribution in [0.1, 0.15) is 20.8 Å². The standard InChI is InChI=1S/C8H18N2O4S/c1-8(2,3)6(7(11)12)9-15(13,14)10(4)5/h6,9H,1-5H3,(H,11,12). The fraction of sp³-hybridized carbons (Fsp3) is 0.875. The van der Waals surface area contributed by atoms with Crippen LogP contribution in [0.5, 0.6) is 0 Å². The molecule has 0 aliphatic heterocycles. The van der Waals surface area contributed by atoms with Crippen molar-refractivity contribution in [2.75, 3.05) is 14.1 Å². The van der Waals surface area contributed by atoms with Crippen molar-refractivity contribution >= 4 is 16.2 Å². The van der Waals surface area contributed by atoms with Gasteiger partial charge in [-0.2, -0.15) is 17.4 Å². The molecule has 0 rings (SSSR count). The molecule has 6 nitrogen and oxygen atoms in total. The third-order valence-electron chi connectivity index (χ3n) is 1.86. The number of rotatable bonds is 4. The highest BCUT2D eigenvalue weighted by atomic mass is 32.2. The van der Waals surface area contributed by atoms with Gasteiger partial charge in [-0.15, -0.1) is 0 Å². The average molecular weight is 238 g/mol. The molecule has 0 saturated heterocycles. The largest absolute Gasteiger partial charge is 0.480 e. The summed E-state index contributed by atoms with van der Waals surface area (Å²) in [6.07, 6.45) is 0. The van der Waals surface area contributed by atoms with Gasteiger partial charge in [-0.1, -0.05) is 20.8 Å². The summed E-state index contributed by atoms with van der Waals surface area (Å²) in [5, 5.41) is 8.91. The minimum Gasteiger partial charge on any atom is -0.480 e. The smallest absolute Gasteiger partial charge is 0.322 e.